The second-order valence-corrected chi connectivity index (χ2v) is 5.77. The van der Waals surface area contributed by atoms with Gasteiger partial charge in [0.05, 0.1) is 5.56 Å². The molecule has 1 heterocycles. The van der Waals surface area contributed by atoms with Gasteiger partial charge in [-0.1, -0.05) is 31.2 Å². The number of hydrogen-bond donors (Lipinski definition) is 0. The average molecular weight is 362 g/mol. The number of aromatic nitrogens is 1. The fourth-order valence-electron chi connectivity index (χ4n) is 1.95. The van der Waals surface area contributed by atoms with Crippen molar-refractivity contribution in [3.8, 4) is 0 Å². The van der Waals surface area contributed by atoms with Crippen LogP contribution in [0.5, 0.6) is 0 Å². The first-order chi connectivity index (χ1) is 10.5. The monoisotopic (exact) mass is 361 g/mol. The van der Waals surface area contributed by atoms with Crippen molar-refractivity contribution in [2.75, 3.05) is 0 Å². The predicted octanol–water partition coefficient (Wildman–Crippen LogP) is 3.83. The maximum absolute atomic E-state index is 12.3. The van der Waals surface area contributed by atoms with Crippen molar-refractivity contribution >= 4 is 27.7 Å². The molecule has 2 rings (SSSR count). The van der Waals surface area contributed by atoms with Crippen LogP contribution in [0, 0.1) is 0 Å². The number of Topliss-reactive ketones (excluding diaryl/α,β-unsaturated/α-hetero) is 1. The summed E-state index contributed by atoms with van der Waals surface area (Å²) in [6.07, 6.45) is 3.04. The highest BCUT2D eigenvalue weighted by Crippen LogP contribution is 2.13. The van der Waals surface area contributed by atoms with E-state index in [1.54, 1.807) is 31.3 Å². The Labute approximate surface area is 137 Å². The summed E-state index contributed by atoms with van der Waals surface area (Å²) in [6, 6.07) is 8.92. The first kappa shape index (κ1) is 16.4. The van der Waals surface area contributed by atoms with Crippen LogP contribution in [0.15, 0.2) is 47.2 Å². The van der Waals surface area contributed by atoms with Crippen molar-refractivity contribution in [2.24, 2.45) is 0 Å². The van der Waals surface area contributed by atoms with Gasteiger partial charge < -0.3 is 4.74 Å². The lowest BCUT2D eigenvalue weighted by Crippen LogP contribution is -2.24. The number of nitrogens with zero attached hydrogens (tertiary/aromatic N) is 1. The van der Waals surface area contributed by atoms with E-state index in [0.717, 1.165) is 12.0 Å². The van der Waals surface area contributed by atoms with Gasteiger partial charge in [0.25, 0.3) is 0 Å². The van der Waals surface area contributed by atoms with E-state index in [1.165, 1.54) is 6.20 Å². The normalized spacial score (nSPS) is 11.8. The third-order valence-electron chi connectivity index (χ3n) is 3.24. The molecule has 0 radical (unpaired) electrons. The number of aryl methyl sites for hydroxylation is 1. The Bertz CT molecular complexity index is 683. The Morgan fingerprint density at radius 1 is 1.18 bits per heavy atom. The van der Waals surface area contributed by atoms with Gasteiger partial charge in [0.1, 0.15) is 0 Å². The summed E-state index contributed by atoms with van der Waals surface area (Å²) >= 11 is 3.24. The zero-order valence-electron chi connectivity index (χ0n) is 12.4. The van der Waals surface area contributed by atoms with Crippen molar-refractivity contribution in [1.82, 2.24) is 4.98 Å². The zero-order chi connectivity index (χ0) is 16.1. The number of hydrogen-bond acceptors (Lipinski definition) is 4. The molecule has 22 heavy (non-hydrogen) atoms. The van der Waals surface area contributed by atoms with Gasteiger partial charge in [-0.15, -0.1) is 0 Å². The van der Waals surface area contributed by atoms with E-state index in [0.29, 0.717) is 15.6 Å². The number of esters is 1. The Morgan fingerprint density at radius 2 is 1.86 bits per heavy atom. The van der Waals surface area contributed by atoms with Crippen molar-refractivity contribution in [1.29, 1.82) is 0 Å². The fraction of sp³-hybridized carbons (Fsp3) is 0.235. The molecule has 0 spiro atoms. The van der Waals surface area contributed by atoms with Crippen LogP contribution < -0.4 is 0 Å². The SMILES string of the molecule is CCc1ccc(C(=O)[C@H](C)OC(=O)c2cncc(Br)c2)cc1. The second kappa shape index (κ2) is 7.31. The Morgan fingerprint density at radius 3 is 2.45 bits per heavy atom. The Hall–Kier alpha value is -2.01. The highest BCUT2D eigenvalue weighted by atomic mass is 79.9. The molecule has 1 atom stereocenters. The molecule has 4 nitrogen and oxygen atoms in total. The van der Waals surface area contributed by atoms with Crippen LogP contribution in [0.25, 0.3) is 0 Å². The van der Waals surface area contributed by atoms with Gasteiger partial charge in [-0.3, -0.25) is 9.78 Å². The first-order valence-electron chi connectivity index (χ1n) is 6.96. The summed E-state index contributed by atoms with van der Waals surface area (Å²) in [4.78, 5) is 28.2. The number of ketones is 1. The summed E-state index contributed by atoms with van der Waals surface area (Å²) in [5.41, 5.74) is 1.99. The van der Waals surface area contributed by atoms with Gasteiger partial charge in [-0.2, -0.15) is 0 Å². The molecule has 0 fully saturated rings. The highest BCUT2D eigenvalue weighted by Gasteiger charge is 2.20. The molecule has 0 aliphatic carbocycles. The lowest BCUT2D eigenvalue weighted by atomic mass is 10.0. The lowest BCUT2D eigenvalue weighted by Gasteiger charge is -2.12. The van der Waals surface area contributed by atoms with Crippen LogP contribution in [-0.2, 0) is 11.2 Å². The summed E-state index contributed by atoms with van der Waals surface area (Å²) in [5.74, 6) is -0.793. The molecule has 5 heteroatoms. The topological polar surface area (TPSA) is 56.3 Å². The van der Waals surface area contributed by atoms with Crippen LogP contribution in [0.3, 0.4) is 0 Å². The number of benzene rings is 1. The number of ether oxygens (including phenoxy) is 1. The van der Waals surface area contributed by atoms with Crippen LogP contribution in [-0.4, -0.2) is 22.8 Å². The minimum atomic E-state index is -0.848. The van der Waals surface area contributed by atoms with Crippen molar-refractivity contribution in [3.63, 3.8) is 0 Å². The van der Waals surface area contributed by atoms with Gasteiger partial charge in [-0.05, 0) is 40.9 Å². The summed E-state index contributed by atoms with van der Waals surface area (Å²) in [6.45, 7) is 3.62. The molecule has 0 aliphatic rings. The molecular formula is C17H16BrNO3. The first-order valence-corrected chi connectivity index (χ1v) is 7.75. The van der Waals surface area contributed by atoms with E-state index in [9.17, 15) is 9.59 Å². The molecule has 0 bridgehead atoms. The smallest absolute Gasteiger partial charge is 0.340 e. The molecule has 0 amide bonds. The van der Waals surface area contributed by atoms with E-state index < -0.39 is 12.1 Å². The molecule has 0 saturated heterocycles. The van der Waals surface area contributed by atoms with Crippen molar-refractivity contribution < 1.29 is 14.3 Å². The largest absolute Gasteiger partial charge is 0.451 e. The van der Waals surface area contributed by atoms with Gasteiger partial charge in [0, 0.05) is 22.4 Å². The van der Waals surface area contributed by atoms with E-state index >= 15 is 0 Å². The molecule has 0 unspecified atom stereocenters. The van der Waals surface area contributed by atoms with Crippen LogP contribution in [0.4, 0.5) is 0 Å². The number of carbonyl (C=O) groups excluding carboxylic acids is 2. The minimum Gasteiger partial charge on any atom is -0.451 e. The van der Waals surface area contributed by atoms with Crippen LogP contribution >= 0.6 is 15.9 Å². The quantitative estimate of drug-likeness (QED) is 0.599. The van der Waals surface area contributed by atoms with E-state index in [1.807, 2.05) is 19.1 Å². The molecule has 2 aromatic rings. The third kappa shape index (κ3) is 4.01. The van der Waals surface area contributed by atoms with Gasteiger partial charge in [-0.25, -0.2) is 4.79 Å². The third-order valence-corrected chi connectivity index (χ3v) is 3.67. The number of pyridine rings is 1. The fourth-order valence-corrected chi connectivity index (χ4v) is 2.31. The molecular weight excluding hydrogens is 346 g/mol. The van der Waals surface area contributed by atoms with E-state index in [2.05, 4.69) is 20.9 Å². The Balaban J connectivity index is 2.05. The highest BCUT2D eigenvalue weighted by molar-refractivity contribution is 9.10. The van der Waals surface area contributed by atoms with Crippen LogP contribution in [0.1, 0.15) is 40.1 Å². The van der Waals surface area contributed by atoms with Crippen LogP contribution in [0.2, 0.25) is 0 Å². The van der Waals surface area contributed by atoms with Gasteiger partial charge in [0.2, 0.25) is 5.78 Å². The molecule has 0 N–H and O–H groups in total. The summed E-state index contributed by atoms with van der Waals surface area (Å²) in [7, 11) is 0. The van der Waals surface area contributed by atoms with Gasteiger partial charge >= 0.3 is 5.97 Å². The zero-order valence-corrected chi connectivity index (χ0v) is 14.0. The predicted molar refractivity (Wildman–Crippen MR) is 87.0 cm³/mol. The second-order valence-electron chi connectivity index (χ2n) is 4.85. The van der Waals surface area contributed by atoms with Crippen molar-refractivity contribution in [2.45, 2.75) is 26.4 Å². The molecule has 0 aliphatic heterocycles. The molecule has 1 aromatic heterocycles. The number of rotatable bonds is 5. The number of halogens is 1. The maximum atomic E-state index is 12.3. The molecule has 1 aromatic carbocycles. The lowest BCUT2D eigenvalue weighted by molar-refractivity contribution is 0.0318. The van der Waals surface area contributed by atoms with Crippen molar-refractivity contribution in [3.05, 3.63) is 63.9 Å². The summed E-state index contributed by atoms with van der Waals surface area (Å²) < 4.78 is 5.89. The molecule has 0 saturated carbocycles. The standard InChI is InChI=1S/C17H16BrNO3/c1-3-12-4-6-13(7-5-12)16(20)11(2)22-17(21)14-8-15(18)10-19-9-14/h4-11H,3H2,1-2H3/t11-/m0/s1. The number of carbonyl (C=O) groups is 2. The van der Waals surface area contributed by atoms with Gasteiger partial charge in [0.15, 0.2) is 6.10 Å². The maximum Gasteiger partial charge on any atom is 0.340 e. The minimum absolute atomic E-state index is 0.223. The van der Waals surface area contributed by atoms with E-state index in [4.69, 9.17) is 4.74 Å². The summed E-state index contributed by atoms with van der Waals surface area (Å²) in [5, 5.41) is 0. The Kier molecular flexibility index (Phi) is 5.44. The van der Waals surface area contributed by atoms with E-state index in [-0.39, 0.29) is 5.78 Å². The molecule has 114 valence electrons. The average Bonchev–Trinajstić information content (AvgIpc) is 2.54.